The first kappa shape index (κ1) is 31.0. The summed E-state index contributed by atoms with van der Waals surface area (Å²) in [5.74, 6) is 0. The van der Waals surface area contributed by atoms with Crippen molar-refractivity contribution in [3.63, 3.8) is 0 Å². The maximum absolute atomic E-state index is 4.81. The van der Waals surface area contributed by atoms with Crippen LogP contribution in [-0.2, 0) is 5.41 Å². The van der Waals surface area contributed by atoms with E-state index in [-0.39, 0.29) is 0 Å². The lowest BCUT2D eigenvalue weighted by atomic mass is 9.67. The molecule has 0 spiro atoms. The zero-order chi connectivity index (χ0) is 36.8. The summed E-state index contributed by atoms with van der Waals surface area (Å²) in [5.41, 5.74) is 14.8. The van der Waals surface area contributed by atoms with E-state index in [1.54, 1.807) is 12.4 Å². The van der Waals surface area contributed by atoms with Crippen molar-refractivity contribution in [1.82, 2.24) is 14.5 Å². The molecule has 0 unspecified atom stereocenters. The second-order valence-electron chi connectivity index (χ2n) is 14.9. The molecule has 1 aliphatic rings. The third kappa shape index (κ3) is 4.22. The lowest BCUT2D eigenvalue weighted by Crippen LogP contribution is -2.28. The minimum absolute atomic E-state index is 0.562. The maximum atomic E-state index is 4.81. The van der Waals surface area contributed by atoms with Gasteiger partial charge in [-0.25, -0.2) is 0 Å². The molecule has 0 aliphatic heterocycles. The Bertz CT molecular complexity index is 3230. The van der Waals surface area contributed by atoms with Crippen molar-refractivity contribution in [2.75, 3.05) is 0 Å². The van der Waals surface area contributed by atoms with Gasteiger partial charge in [0.25, 0.3) is 0 Å². The molecule has 0 N–H and O–H groups in total. The Morgan fingerprint density at radius 2 is 0.839 bits per heavy atom. The second-order valence-corrected chi connectivity index (χ2v) is 14.9. The molecule has 11 aromatic rings. The first-order valence-electron chi connectivity index (χ1n) is 19.2. The van der Waals surface area contributed by atoms with Crippen molar-refractivity contribution in [3.8, 4) is 27.9 Å². The van der Waals surface area contributed by atoms with Crippen LogP contribution in [0.15, 0.2) is 200 Å². The molecule has 56 heavy (non-hydrogen) atoms. The van der Waals surface area contributed by atoms with Crippen molar-refractivity contribution in [2.24, 2.45) is 0 Å². The summed E-state index contributed by atoms with van der Waals surface area (Å²) in [6, 6.07) is 69.4. The Kier molecular flexibility index (Phi) is 6.55. The van der Waals surface area contributed by atoms with E-state index in [0.29, 0.717) is 0 Å². The van der Waals surface area contributed by atoms with Crippen molar-refractivity contribution in [3.05, 3.63) is 223 Å². The van der Waals surface area contributed by atoms with Crippen molar-refractivity contribution >= 4 is 54.4 Å². The molecule has 3 heteroatoms. The molecule has 0 amide bonds. The molecule has 2 aromatic heterocycles. The van der Waals surface area contributed by atoms with Crippen molar-refractivity contribution < 1.29 is 0 Å². The minimum atomic E-state index is -0.562. The first-order valence-corrected chi connectivity index (χ1v) is 19.2. The Morgan fingerprint density at radius 3 is 1.48 bits per heavy atom. The van der Waals surface area contributed by atoms with Gasteiger partial charge in [-0.15, -0.1) is 0 Å². The monoisotopic (exact) mass is 711 g/mol. The molecule has 2 heterocycles. The largest absolute Gasteiger partial charge is 0.309 e. The van der Waals surface area contributed by atoms with Gasteiger partial charge in [-0.05, 0) is 91.7 Å². The van der Waals surface area contributed by atoms with E-state index in [4.69, 9.17) is 9.97 Å². The summed E-state index contributed by atoms with van der Waals surface area (Å²) < 4.78 is 2.44. The van der Waals surface area contributed by atoms with Crippen LogP contribution in [0.3, 0.4) is 0 Å². The van der Waals surface area contributed by atoms with Crippen LogP contribution in [0.5, 0.6) is 0 Å². The highest BCUT2D eigenvalue weighted by molar-refractivity contribution is 6.23. The van der Waals surface area contributed by atoms with Crippen LogP contribution in [0.2, 0.25) is 0 Å². The molecular weight excluding hydrogens is 679 g/mol. The maximum Gasteiger partial charge on any atom is 0.0971 e. The summed E-state index contributed by atoms with van der Waals surface area (Å²) in [6.45, 7) is 0. The number of fused-ring (bicyclic) bond motifs is 12. The lowest BCUT2D eigenvalue weighted by molar-refractivity contribution is 0.768. The topological polar surface area (TPSA) is 30.7 Å². The fourth-order valence-electron chi connectivity index (χ4n) is 9.81. The molecule has 0 radical (unpaired) electrons. The van der Waals surface area contributed by atoms with Crippen molar-refractivity contribution in [2.45, 2.75) is 5.41 Å². The Morgan fingerprint density at radius 1 is 0.357 bits per heavy atom. The molecular formula is C53H33N3. The van der Waals surface area contributed by atoms with Crippen LogP contribution in [0.1, 0.15) is 22.3 Å². The number of nitrogens with zero attached hydrogens (tertiary/aromatic N) is 3. The molecule has 260 valence electrons. The van der Waals surface area contributed by atoms with E-state index in [0.717, 1.165) is 27.5 Å². The average molecular weight is 712 g/mol. The molecule has 3 nitrogen and oxygen atoms in total. The summed E-state index contributed by atoms with van der Waals surface area (Å²) in [5, 5.41) is 7.13. The molecule has 0 bridgehead atoms. The highest BCUT2D eigenvalue weighted by atomic mass is 15.0. The lowest BCUT2D eigenvalue weighted by Gasteiger charge is -2.34. The summed E-state index contributed by atoms with van der Waals surface area (Å²) in [7, 11) is 0. The van der Waals surface area contributed by atoms with Gasteiger partial charge in [0.2, 0.25) is 0 Å². The highest BCUT2D eigenvalue weighted by Crippen LogP contribution is 2.57. The normalized spacial score (nSPS) is 13.1. The van der Waals surface area contributed by atoms with Gasteiger partial charge < -0.3 is 4.57 Å². The standard InChI is InChI=1S/C53H33N3/c1-3-13-36(14-4-1)53(37-15-5-2-6-16-37)47-32-35(34-24-27-45-46(31-34)39-17-7-8-20-44(39)51-52(45)55-30-29-54-51)23-26-40(47)41-28-25-38(33-48(41)53)56-49-21-11-9-18-42(49)43-19-10-12-22-50(43)56/h1-33H. The van der Waals surface area contributed by atoms with E-state index in [2.05, 4.69) is 193 Å². The predicted molar refractivity (Wildman–Crippen MR) is 232 cm³/mol. The molecule has 0 saturated heterocycles. The van der Waals surface area contributed by atoms with E-state index in [1.165, 1.54) is 77.1 Å². The van der Waals surface area contributed by atoms with E-state index >= 15 is 0 Å². The number of hydrogen-bond acceptors (Lipinski definition) is 2. The number of hydrogen-bond donors (Lipinski definition) is 0. The minimum Gasteiger partial charge on any atom is -0.309 e. The zero-order valence-electron chi connectivity index (χ0n) is 30.4. The number of aromatic nitrogens is 3. The highest BCUT2D eigenvalue weighted by Gasteiger charge is 2.46. The Labute approximate surface area is 323 Å². The third-order valence-electron chi connectivity index (χ3n) is 12.2. The van der Waals surface area contributed by atoms with Gasteiger partial charge in [-0.3, -0.25) is 9.97 Å². The van der Waals surface area contributed by atoms with Gasteiger partial charge in [0, 0.05) is 39.6 Å². The predicted octanol–water partition coefficient (Wildman–Crippen LogP) is 13.1. The smallest absolute Gasteiger partial charge is 0.0971 e. The Hall–Kier alpha value is -7.36. The van der Waals surface area contributed by atoms with Crippen LogP contribution >= 0.6 is 0 Å². The molecule has 12 rings (SSSR count). The quantitative estimate of drug-likeness (QED) is 0.170. The summed E-state index contributed by atoms with van der Waals surface area (Å²) in [4.78, 5) is 9.57. The van der Waals surface area contributed by atoms with Crippen LogP contribution in [0, 0.1) is 0 Å². The molecule has 0 atom stereocenters. The fraction of sp³-hybridized carbons (Fsp3) is 0.0189. The number of para-hydroxylation sites is 2. The van der Waals surface area contributed by atoms with Gasteiger partial charge >= 0.3 is 0 Å². The van der Waals surface area contributed by atoms with E-state index in [9.17, 15) is 0 Å². The van der Waals surface area contributed by atoms with Gasteiger partial charge in [0.05, 0.1) is 27.5 Å². The zero-order valence-corrected chi connectivity index (χ0v) is 30.4. The second kappa shape index (κ2) is 11.8. The van der Waals surface area contributed by atoms with E-state index < -0.39 is 5.41 Å². The number of rotatable bonds is 4. The average Bonchev–Trinajstić information content (AvgIpc) is 3.77. The van der Waals surface area contributed by atoms with Gasteiger partial charge in [-0.2, -0.15) is 0 Å². The van der Waals surface area contributed by atoms with E-state index in [1.807, 2.05) is 0 Å². The Balaban J connectivity index is 1.14. The van der Waals surface area contributed by atoms with Crippen LogP contribution in [0.25, 0.3) is 82.3 Å². The third-order valence-corrected chi connectivity index (χ3v) is 12.2. The van der Waals surface area contributed by atoms with Gasteiger partial charge in [-0.1, -0.05) is 152 Å². The summed E-state index contributed by atoms with van der Waals surface area (Å²) in [6.07, 6.45) is 3.58. The van der Waals surface area contributed by atoms with Crippen LogP contribution < -0.4 is 0 Å². The number of benzene rings is 9. The first-order chi connectivity index (χ1) is 27.8. The molecule has 1 aliphatic carbocycles. The molecule has 0 saturated carbocycles. The van der Waals surface area contributed by atoms with Gasteiger partial charge in [0.1, 0.15) is 0 Å². The molecule has 0 fully saturated rings. The SMILES string of the molecule is c1ccc(C2(c3ccccc3)c3cc(-c4ccc5c(c4)c4ccccc4c4nccnc54)ccc3-c3ccc(-n4c5ccccc5c5ccccc54)cc32)cc1. The van der Waals surface area contributed by atoms with Crippen LogP contribution in [-0.4, -0.2) is 14.5 Å². The fourth-order valence-corrected chi connectivity index (χ4v) is 9.81. The van der Waals surface area contributed by atoms with Crippen molar-refractivity contribution in [1.29, 1.82) is 0 Å². The van der Waals surface area contributed by atoms with Crippen LogP contribution in [0.4, 0.5) is 0 Å². The molecule has 9 aromatic carbocycles. The summed E-state index contributed by atoms with van der Waals surface area (Å²) >= 11 is 0. The van der Waals surface area contributed by atoms with Gasteiger partial charge in [0.15, 0.2) is 0 Å².